The molecule has 3 atom stereocenters. The molecule has 11 heteroatoms. The first-order chi connectivity index (χ1) is 19.0. The maximum atomic E-state index is 13.7. The highest BCUT2D eigenvalue weighted by Gasteiger charge is 2.36. The van der Waals surface area contributed by atoms with Crippen LogP contribution in [0.15, 0.2) is 47.4 Å². The summed E-state index contributed by atoms with van der Waals surface area (Å²) in [7, 11) is -2.55. The summed E-state index contributed by atoms with van der Waals surface area (Å²) in [4.78, 5) is 28.3. The van der Waals surface area contributed by atoms with Gasteiger partial charge in [-0.05, 0) is 56.2 Å². The van der Waals surface area contributed by atoms with Gasteiger partial charge in [0, 0.05) is 25.4 Å². The van der Waals surface area contributed by atoms with Crippen molar-refractivity contribution in [1.82, 2.24) is 9.21 Å². The Bertz CT molecular complexity index is 1310. The number of aliphatic hydroxyl groups is 1. The van der Waals surface area contributed by atoms with Gasteiger partial charge in [0.2, 0.25) is 15.9 Å². The van der Waals surface area contributed by atoms with Crippen LogP contribution in [-0.4, -0.2) is 73.4 Å². The molecule has 2 aromatic carbocycles. The van der Waals surface area contributed by atoms with Crippen molar-refractivity contribution >= 4 is 27.5 Å². The van der Waals surface area contributed by atoms with Crippen molar-refractivity contribution in [2.24, 2.45) is 11.8 Å². The second kappa shape index (κ2) is 12.7. The van der Waals surface area contributed by atoms with Gasteiger partial charge in [-0.3, -0.25) is 9.59 Å². The monoisotopic (exact) mass is 575 g/mol. The highest BCUT2D eigenvalue weighted by Crippen LogP contribution is 2.36. The van der Waals surface area contributed by atoms with Gasteiger partial charge in [0.15, 0.2) is 5.75 Å². The topological polar surface area (TPSA) is 116 Å². The minimum absolute atomic E-state index is 0.0542. The lowest BCUT2D eigenvalue weighted by Gasteiger charge is -2.38. The van der Waals surface area contributed by atoms with Crippen LogP contribution in [0, 0.1) is 17.7 Å². The van der Waals surface area contributed by atoms with E-state index in [4.69, 9.17) is 4.74 Å². The zero-order valence-electron chi connectivity index (χ0n) is 23.2. The van der Waals surface area contributed by atoms with Gasteiger partial charge in [0.1, 0.15) is 11.9 Å². The number of aliphatic hydroxyl groups excluding tert-OH is 1. The smallest absolute Gasteiger partial charge is 0.258 e. The number of halogens is 1. The number of anilines is 1. The molecule has 40 heavy (non-hydrogen) atoms. The highest BCUT2D eigenvalue weighted by atomic mass is 32.2. The van der Waals surface area contributed by atoms with E-state index in [2.05, 4.69) is 5.32 Å². The molecule has 2 aromatic rings. The summed E-state index contributed by atoms with van der Waals surface area (Å²) in [6, 6.07) is 9.06. The van der Waals surface area contributed by atoms with E-state index >= 15 is 0 Å². The molecule has 218 valence electrons. The quantitative estimate of drug-likeness (QED) is 0.494. The van der Waals surface area contributed by atoms with E-state index < -0.39 is 28.0 Å². The van der Waals surface area contributed by atoms with Crippen LogP contribution in [-0.2, 0) is 14.8 Å². The average molecular weight is 576 g/mol. The molecule has 0 radical (unpaired) electrons. The van der Waals surface area contributed by atoms with Gasteiger partial charge in [-0.1, -0.05) is 32.3 Å². The lowest BCUT2D eigenvalue weighted by molar-refractivity contribution is -0.120. The molecule has 0 bridgehead atoms. The Kier molecular flexibility index (Phi) is 9.48. The third-order valence-corrected chi connectivity index (χ3v) is 9.72. The number of hydrogen-bond acceptors (Lipinski definition) is 6. The minimum atomic E-state index is -3.97. The second-order valence-corrected chi connectivity index (χ2v) is 12.9. The molecule has 9 nitrogen and oxygen atoms in total. The molecule has 1 saturated carbocycles. The molecule has 0 aromatic heterocycles. The van der Waals surface area contributed by atoms with E-state index in [-0.39, 0.29) is 59.6 Å². The maximum absolute atomic E-state index is 13.7. The molecule has 4 rings (SSSR count). The molecule has 0 saturated heterocycles. The first kappa shape index (κ1) is 30.0. The molecule has 2 N–H and O–H groups in total. The Morgan fingerprint density at radius 2 is 1.85 bits per heavy atom. The van der Waals surface area contributed by atoms with E-state index in [1.165, 1.54) is 19.2 Å². The molecular weight excluding hydrogens is 537 g/mol. The van der Waals surface area contributed by atoms with Gasteiger partial charge in [-0.2, -0.15) is 4.31 Å². The average Bonchev–Trinajstić information content (AvgIpc) is 2.95. The summed E-state index contributed by atoms with van der Waals surface area (Å²) in [5, 5.41) is 12.9. The van der Waals surface area contributed by atoms with Crippen LogP contribution >= 0.6 is 0 Å². The number of rotatable bonds is 8. The Labute approximate surface area is 235 Å². The number of likely N-dealkylation sites (N-methyl/N-ethyl adjacent to an activating group) is 1. The summed E-state index contributed by atoms with van der Waals surface area (Å²) in [5.41, 5.74) is 0.573. The van der Waals surface area contributed by atoms with Crippen molar-refractivity contribution in [3.05, 3.63) is 53.8 Å². The Morgan fingerprint density at radius 1 is 1.18 bits per heavy atom. The van der Waals surface area contributed by atoms with Gasteiger partial charge < -0.3 is 20.1 Å². The van der Waals surface area contributed by atoms with Crippen LogP contribution in [0.5, 0.6) is 5.75 Å². The van der Waals surface area contributed by atoms with Crippen molar-refractivity contribution in [3.63, 3.8) is 0 Å². The van der Waals surface area contributed by atoms with Crippen molar-refractivity contribution in [1.29, 1.82) is 0 Å². The van der Waals surface area contributed by atoms with Crippen LogP contribution in [0.25, 0.3) is 0 Å². The van der Waals surface area contributed by atoms with E-state index in [1.54, 1.807) is 30.0 Å². The number of para-hydroxylation sites is 1. The Hall–Kier alpha value is -3.02. The molecular formula is C29H38FN3O6S. The van der Waals surface area contributed by atoms with Gasteiger partial charge in [-0.25, -0.2) is 12.8 Å². The van der Waals surface area contributed by atoms with Gasteiger partial charge >= 0.3 is 0 Å². The van der Waals surface area contributed by atoms with Crippen LogP contribution in [0.4, 0.5) is 10.1 Å². The molecule has 1 heterocycles. The predicted molar refractivity (Wildman–Crippen MR) is 149 cm³/mol. The van der Waals surface area contributed by atoms with Gasteiger partial charge in [-0.15, -0.1) is 0 Å². The van der Waals surface area contributed by atoms with Crippen LogP contribution in [0.2, 0.25) is 0 Å². The van der Waals surface area contributed by atoms with Crippen LogP contribution in [0.3, 0.4) is 0 Å². The first-order valence-electron chi connectivity index (χ1n) is 13.8. The molecule has 2 amide bonds. The minimum Gasteiger partial charge on any atom is -0.486 e. The highest BCUT2D eigenvalue weighted by molar-refractivity contribution is 7.89. The van der Waals surface area contributed by atoms with E-state index in [9.17, 15) is 27.5 Å². The Balaban J connectivity index is 1.69. The number of carbonyl (C=O) groups excluding carboxylic acids is 2. The molecule has 0 unspecified atom stereocenters. The van der Waals surface area contributed by atoms with E-state index in [1.807, 2.05) is 6.92 Å². The number of carbonyl (C=O) groups is 2. The summed E-state index contributed by atoms with van der Waals surface area (Å²) in [6.45, 7) is 3.48. The first-order valence-corrected chi connectivity index (χ1v) is 15.2. The normalized spacial score (nSPS) is 21.2. The number of fused-ring (bicyclic) bond motifs is 1. The maximum Gasteiger partial charge on any atom is 0.258 e. The van der Waals surface area contributed by atoms with Gasteiger partial charge in [0.05, 0.1) is 35.3 Å². The largest absolute Gasteiger partial charge is 0.486 e. The lowest BCUT2D eigenvalue weighted by Crippen LogP contribution is -2.50. The third kappa shape index (κ3) is 6.47. The fourth-order valence-corrected chi connectivity index (χ4v) is 6.48. The van der Waals surface area contributed by atoms with Crippen LogP contribution in [0.1, 0.15) is 56.3 Å². The van der Waals surface area contributed by atoms with Crippen molar-refractivity contribution in [3.8, 4) is 5.75 Å². The van der Waals surface area contributed by atoms with Crippen molar-refractivity contribution in [2.45, 2.75) is 63.0 Å². The fourth-order valence-electron chi connectivity index (χ4n) is 5.30. The number of sulfonamides is 1. The van der Waals surface area contributed by atoms with E-state index in [0.29, 0.717) is 5.69 Å². The van der Waals surface area contributed by atoms with E-state index in [0.717, 1.165) is 48.5 Å². The third-order valence-electron chi connectivity index (χ3n) is 7.88. The number of amides is 2. The Morgan fingerprint density at radius 3 is 2.50 bits per heavy atom. The number of nitrogens with zero attached hydrogens (tertiary/aromatic N) is 2. The summed E-state index contributed by atoms with van der Waals surface area (Å²) >= 11 is 0. The second-order valence-electron chi connectivity index (χ2n) is 10.9. The zero-order chi connectivity index (χ0) is 29.0. The SMILES string of the molecule is C[C@H](CO)N1C[C@H](C)[C@@H](CN(C)S(=O)(=O)c2ccc(F)cc2)Oc2c(NC(=O)C3CCCCC3)cccc2C1=O. The number of hydrogen-bond donors (Lipinski definition) is 2. The molecule has 1 aliphatic carbocycles. The summed E-state index contributed by atoms with van der Waals surface area (Å²) in [6.07, 6.45) is 3.97. The number of nitrogens with one attached hydrogen (secondary N) is 1. The molecule has 0 spiro atoms. The molecule has 1 fully saturated rings. The standard InChI is InChI=1S/C29H38FN3O6S/c1-19-16-33(20(2)18-34)29(36)24-10-7-11-25(31-28(35)21-8-5-4-6-9-21)27(24)39-26(19)17-32(3)40(37,38)23-14-12-22(30)13-15-23/h7,10-15,19-21,26,34H,4-6,8-9,16-18H2,1-3H3,(H,31,35)/t19-,20+,26+/m0/s1. The number of ether oxygens (including phenoxy) is 1. The predicted octanol–water partition coefficient (Wildman–Crippen LogP) is 3.89. The summed E-state index contributed by atoms with van der Waals surface area (Å²) < 4.78 is 47.6. The summed E-state index contributed by atoms with van der Waals surface area (Å²) in [5.74, 6) is -1.31. The zero-order valence-corrected chi connectivity index (χ0v) is 24.0. The van der Waals surface area contributed by atoms with Crippen molar-refractivity contribution < 1.29 is 32.2 Å². The molecule has 2 aliphatic rings. The van der Waals surface area contributed by atoms with Crippen LogP contribution < -0.4 is 10.1 Å². The van der Waals surface area contributed by atoms with Gasteiger partial charge in [0.25, 0.3) is 5.91 Å². The molecule has 1 aliphatic heterocycles. The fraction of sp³-hybridized carbons (Fsp3) is 0.517. The lowest BCUT2D eigenvalue weighted by atomic mass is 9.88. The number of benzene rings is 2. The van der Waals surface area contributed by atoms with Crippen molar-refractivity contribution in [2.75, 3.05) is 32.1 Å².